The van der Waals surface area contributed by atoms with Gasteiger partial charge >= 0.3 is 5.97 Å². The van der Waals surface area contributed by atoms with Crippen molar-refractivity contribution >= 4 is 28.6 Å². The fourth-order valence-electron chi connectivity index (χ4n) is 6.30. The zero-order valence-corrected chi connectivity index (χ0v) is 24.6. The number of piperidine rings is 1. The largest absolute Gasteiger partial charge is 0.478 e. The fraction of sp³-hybridized carbons (Fsp3) is 0.375. The summed E-state index contributed by atoms with van der Waals surface area (Å²) in [5.74, 6) is -0.242. The number of imidazole rings is 1. The molecule has 3 aliphatic rings. The molecule has 226 valence electrons. The summed E-state index contributed by atoms with van der Waals surface area (Å²) in [5, 5.41) is 9.85. The Hall–Kier alpha value is -3.70. The number of fused-ring (bicyclic) bond motifs is 2. The molecule has 4 aromatic rings. The lowest BCUT2D eigenvalue weighted by Crippen LogP contribution is -2.35. The summed E-state index contributed by atoms with van der Waals surface area (Å²) >= 11 is 5.97. The van der Waals surface area contributed by atoms with Gasteiger partial charge in [-0.25, -0.2) is 14.2 Å². The van der Waals surface area contributed by atoms with Crippen LogP contribution in [-0.4, -0.2) is 51.3 Å². The first-order valence-electron chi connectivity index (χ1n) is 14.3. The molecule has 0 bridgehead atoms. The third-order valence-electron chi connectivity index (χ3n) is 8.68. The number of nitrogens with zero attached hydrogens (tertiary/aromatic N) is 3. The summed E-state index contributed by atoms with van der Waals surface area (Å²) in [7, 11) is 0. The second kappa shape index (κ2) is 11.4. The number of aromatic carboxylic acids is 1. The second-order valence-electron chi connectivity index (χ2n) is 11.4. The molecular formula is C32H34ClFN4O5. The maximum absolute atomic E-state index is 14.8. The number of carbonyl (C=O) groups is 1. The highest BCUT2D eigenvalue weighted by atomic mass is 35.5. The van der Waals surface area contributed by atoms with Crippen molar-refractivity contribution in [2.75, 3.05) is 19.7 Å². The van der Waals surface area contributed by atoms with Crippen molar-refractivity contribution in [1.82, 2.24) is 20.6 Å². The maximum Gasteiger partial charge on any atom is 0.335 e. The predicted octanol–water partition coefficient (Wildman–Crippen LogP) is 6.50. The van der Waals surface area contributed by atoms with E-state index >= 15 is 0 Å². The molecule has 0 radical (unpaired) electrons. The number of hydrogen-bond donors (Lipinski definition) is 2. The number of hydrogen-bond acceptors (Lipinski definition) is 7. The molecule has 43 heavy (non-hydrogen) atoms. The number of para-hydroxylation sites is 1. The molecule has 2 fully saturated rings. The van der Waals surface area contributed by atoms with Crippen LogP contribution in [0.25, 0.3) is 11.0 Å². The Morgan fingerprint density at radius 1 is 1.12 bits per heavy atom. The highest BCUT2D eigenvalue weighted by Gasteiger charge is 2.43. The summed E-state index contributed by atoms with van der Waals surface area (Å²) < 4.78 is 35.2. The number of ether oxygens (including phenoxy) is 3. The van der Waals surface area contributed by atoms with E-state index < -0.39 is 17.6 Å². The molecule has 2 atom stereocenters. The van der Waals surface area contributed by atoms with Crippen molar-refractivity contribution in [2.24, 2.45) is 0 Å². The van der Waals surface area contributed by atoms with E-state index in [4.69, 9.17) is 30.8 Å². The summed E-state index contributed by atoms with van der Waals surface area (Å²) in [6.07, 6.45) is 2.94. The van der Waals surface area contributed by atoms with Crippen molar-refractivity contribution in [2.45, 2.75) is 57.1 Å². The monoisotopic (exact) mass is 608 g/mol. The number of likely N-dealkylation sites (tertiary alicyclic amines) is 1. The van der Waals surface area contributed by atoms with Crippen LogP contribution in [0.5, 0.6) is 11.5 Å². The van der Waals surface area contributed by atoms with Crippen molar-refractivity contribution in [3.8, 4) is 11.5 Å². The molecule has 0 unspecified atom stereocenters. The zero-order chi connectivity index (χ0) is 29.0. The fourth-order valence-corrected chi connectivity index (χ4v) is 6.46. The Balaban J connectivity index is 0.00000329. The van der Waals surface area contributed by atoms with Crippen molar-refractivity contribution < 1.29 is 28.5 Å². The van der Waals surface area contributed by atoms with E-state index in [1.807, 2.05) is 12.1 Å². The van der Waals surface area contributed by atoms with Gasteiger partial charge in [0.2, 0.25) is 0 Å². The van der Waals surface area contributed by atoms with E-state index in [1.165, 1.54) is 6.07 Å². The summed E-state index contributed by atoms with van der Waals surface area (Å²) in [4.78, 5) is 18.9. The Morgan fingerprint density at radius 2 is 1.91 bits per heavy atom. The molecule has 7 rings (SSSR count). The number of rotatable bonds is 7. The van der Waals surface area contributed by atoms with Crippen LogP contribution in [0, 0.1) is 5.82 Å². The molecule has 11 heteroatoms. The third-order valence-corrected chi connectivity index (χ3v) is 8.91. The molecule has 9 nitrogen and oxygen atoms in total. The summed E-state index contributed by atoms with van der Waals surface area (Å²) in [6.45, 7) is 5.53. The standard InChI is InChI=1S/C32H31ClFN3O5.H3N/c1-32(24-7-6-21(33)16-25(24)34)41-28-4-2-3-23(30(28)42-32)19-9-12-36(13-10-19)18-29-35-26-8-5-20(31(38)39)15-27(26)37(29)17-22-11-14-40-22;/h2-8,15-16,19,22H,9-14,17-18H2,1H3,(H,38,39);1H3/t22-,32+;/m0./s1. The van der Waals surface area contributed by atoms with Crippen LogP contribution in [0.4, 0.5) is 4.39 Å². The molecule has 3 aromatic carbocycles. The Labute approximate surface area is 253 Å². The van der Waals surface area contributed by atoms with Crippen LogP contribution >= 0.6 is 11.6 Å². The Morgan fingerprint density at radius 3 is 2.60 bits per heavy atom. The molecule has 0 aliphatic carbocycles. The molecule has 2 saturated heterocycles. The van der Waals surface area contributed by atoms with Gasteiger partial charge in [0, 0.05) is 24.1 Å². The SMILES string of the molecule is C[C@@]1(c2ccc(Cl)cc2F)Oc2cccc(C3CCN(Cc4nc5ccc(C(=O)O)cc5n4C[C@@H]4CCO4)CC3)c2O1.N. The topological polar surface area (TPSA) is 121 Å². The summed E-state index contributed by atoms with van der Waals surface area (Å²) in [6, 6.07) is 15.5. The minimum absolute atomic E-state index is 0. The number of aromatic nitrogens is 2. The number of benzene rings is 3. The van der Waals surface area contributed by atoms with Crippen LogP contribution in [-0.2, 0) is 23.6 Å². The Kier molecular flexibility index (Phi) is 7.80. The van der Waals surface area contributed by atoms with Crippen LogP contribution in [0.3, 0.4) is 0 Å². The Bertz CT molecular complexity index is 1680. The lowest BCUT2D eigenvalue weighted by molar-refractivity contribution is -0.0712. The lowest BCUT2D eigenvalue weighted by atomic mass is 9.88. The first-order chi connectivity index (χ1) is 20.3. The van der Waals surface area contributed by atoms with Gasteiger partial charge in [0.05, 0.1) is 41.4 Å². The molecule has 1 aromatic heterocycles. The highest BCUT2D eigenvalue weighted by molar-refractivity contribution is 6.30. The van der Waals surface area contributed by atoms with Crippen molar-refractivity contribution in [1.29, 1.82) is 0 Å². The van der Waals surface area contributed by atoms with E-state index in [9.17, 15) is 14.3 Å². The maximum atomic E-state index is 14.8. The van der Waals surface area contributed by atoms with E-state index in [2.05, 4.69) is 15.5 Å². The van der Waals surface area contributed by atoms with E-state index in [0.29, 0.717) is 35.2 Å². The average Bonchev–Trinajstić information content (AvgIpc) is 3.47. The lowest BCUT2D eigenvalue weighted by Gasteiger charge is -2.33. The average molecular weight is 609 g/mol. The normalized spacial score (nSPS) is 21.9. The van der Waals surface area contributed by atoms with E-state index in [1.54, 1.807) is 37.3 Å². The van der Waals surface area contributed by atoms with Crippen molar-refractivity contribution in [3.05, 3.63) is 88.0 Å². The van der Waals surface area contributed by atoms with Crippen LogP contribution in [0.1, 0.15) is 59.4 Å². The quantitative estimate of drug-likeness (QED) is 0.244. The van der Waals surface area contributed by atoms with E-state index in [-0.39, 0.29) is 23.7 Å². The van der Waals surface area contributed by atoms with Gasteiger partial charge < -0.3 is 30.0 Å². The molecule has 4 N–H and O–H groups in total. The smallest absolute Gasteiger partial charge is 0.335 e. The zero-order valence-electron chi connectivity index (χ0n) is 23.9. The first-order valence-corrected chi connectivity index (χ1v) is 14.7. The van der Waals surface area contributed by atoms with Crippen molar-refractivity contribution in [3.63, 3.8) is 0 Å². The van der Waals surface area contributed by atoms with Crippen LogP contribution in [0.15, 0.2) is 54.6 Å². The summed E-state index contributed by atoms with van der Waals surface area (Å²) in [5.41, 5.74) is 3.24. The molecule has 3 aliphatic heterocycles. The van der Waals surface area contributed by atoms with Gasteiger partial charge in [0.1, 0.15) is 11.6 Å². The predicted molar refractivity (Wildman–Crippen MR) is 160 cm³/mol. The van der Waals surface area contributed by atoms with Gasteiger partial charge in [-0.15, -0.1) is 0 Å². The molecule has 4 heterocycles. The van der Waals surface area contributed by atoms with Gasteiger partial charge in [-0.1, -0.05) is 23.7 Å². The molecule has 0 saturated carbocycles. The van der Waals surface area contributed by atoms with Gasteiger partial charge in [0.25, 0.3) is 5.79 Å². The molecule has 0 amide bonds. The van der Waals surface area contributed by atoms with Gasteiger partial charge in [0.15, 0.2) is 11.5 Å². The van der Waals surface area contributed by atoms with Crippen LogP contribution < -0.4 is 15.6 Å². The number of carboxylic acids is 1. The first kappa shape index (κ1) is 29.4. The van der Waals surface area contributed by atoms with Crippen LogP contribution in [0.2, 0.25) is 5.02 Å². The minimum Gasteiger partial charge on any atom is -0.478 e. The van der Waals surface area contributed by atoms with Gasteiger partial charge in [-0.3, -0.25) is 4.90 Å². The van der Waals surface area contributed by atoms with E-state index in [0.717, 1.165) is 61.4 Å². The highest BCUT2D eigenvalue weighted by Crippen LogP contribution is 2.49. The minimum atomic E-state index is -1.28. The number of carboxylic acid groups (broad SMARTS) is 1. The number of halogens is 2. The molecule has 0 spiro atoms. The van der Waals surface area contributed by atoms with Gasteiger partial charge in [-0.05, 0) is 80.7 Å². The second-order valence-corrected chi connectivity index (χ2v) is 11.9. The van der Waals surface area contributed by atoms with Gasteiger partial charge in [-0.2, -0.15) is 0 Å². The third kappa shape index (κ3) is 5.44. The molecular weight excluding hydrogens is 575 g/mol.